The summed E-state index contributed by atoms with van der Waals surface area (Å²) in [5.74, 6) is 0.790. The van der Waals surface area contributed by atoms with Gasteiger partial charge in [-0.05, 0) is 63.4 Å². The third-order valence-electron chi connectivity index (χ3n) is 8.82. The molecule has 214 valence electrons. The first kappa shape index (κ1) is 27.6. The number of aromatic nitrogens is 2. The molecule has 0 radical (unpaired) electrons. The van der Waals surface area contributed by atoms with Crippen LogP contribution in [0.15, 0.2) is 71.4 Å². The quantitative estimate of drug-likeness (QED) is 0.180. The van der Waals surface area contributed by atoms with E-state index in [-0.39, 0.29) is 30.3 Å². The Hall–Kier alpha value is -3.28. The fourth-order valence-electron chi connectivity index (χ4n) is 5.74. The van der Waals surface area contributed by atoms with Gasteiger partial charge in [-0.15, -0.1) is 22.7 Å². The SMILES string of the molecule is CN[C@@H](C(=O)N1CC=CC1c1nc2ccc(-c3csc4c(B5OC(C)(C)C(C)(C)O5)csc34)cc2[nH]1)c1ccccc1. The third kappa shape index (κ3) is 4.44. The van der Waals surface area contributed by atoms with Crippen LogP contribution in [-0.4, -0.2) is 52.7 Å². The summed E-state index contributed by atoms with van der Waals surface area (Å²) in [6.45, 7) is 8.89. The molecule has 7 nitrogen and oxygen atoms in total. The van der Waals surface area contributed by atoms with Gasteiger partial charge < -0.3 is 24.5 Å². The van der Waals surface area contributed by atoms with Gasteiger partial charge in [0.1, 0.15) is 17.9 Å². The Morgan fingerprint density at radius 1 is 1.07 bits per heavy atom. The molecule has 0 bridgehead atoms. The molecule has 2 atom stereocenters. The van der Waals surface area contributed by atoms with Crippen LogP contribution in [-0.2, 0) is 14.1 Å². The van der Waals surface area contributed by atoms with E-state index in [9.17, 15) is 4.79 Å². The zero-order valence-corrected chi connectivity index (χ0v) is 25.9. The molecule has 1 unspecified atom stereocenters. The maximum absolute atomic E-state index is 13.6. The first-order chi connectivity index (χ1) is 20.2. The highest BCUT2D eigenvalue weighted by molar-refractivity contribution is 7.29. The standard InChI is InChI=1S/C32H33BN4O3S2/c1-31(2)32(3,4)40-33(39-31)22-18-42-27-21(17-41-28(22)27)20-13-14-23-24(16-20)36-29(35-23)25-12-9-15-37(25)30(38)26(34-5)19-10-7-6-8-11-19/h6-14,16-18,25-26,34H,15H2,1-5H3,(H,35,36)/t25?,26-/m1/s1. The Morgan fingerprint density at radius 3 is 2.55 bits per heavy atom. The number of hydrogen-bond acceptors (Lipinski definition) is 7. The molecule has 2 aromatic carbocycles. The predicted molar refractivity (Wildman–Crippen MR) is 172 cm³/mol. The van der Waals surface area contributed by atoms with E-state index in [0.29, 0.717) is 6.54 Å². The van der Waals surface area contributed by atoms with E-state index >= 15 is 0 Å². The van der Waals surface area contributed by atoms with Gasteiger partial charge in [-0.2, -0.15) is 0 Å². The van der Waals surface area contributed by atoms with E-state index in [4.69, 9.17) is 14.3 Å². The average Bonchev–Trinajstić information content (AvgIpc) is 3.77. The van der Waals surface area contributed by atoms with Crippen LogP contribution >= 0.6 is 22.7 Å². The van der Waals surface area contributed by atoms with Gasteiger partial charge in [0.25, 0.3) is 0 Å². The Balaban J connectivity index is 1.17. The Labute approximate surface area is 253 Å². The summed E-state index contributed by atoms with van der Waals surface area (Å²) in [7, 11) is 1.45. The largest absolute Gasteiger partial charge is 0.497 e. The van der Waals surface area contributed by atoms with Crippen LogP contribution in [0, 0.1) is 0 Å². The zero-order chi connectivity index (χ0) is 29.2. The minimum absolute atomic E-state index is 0.0241. The van der Waals surface area contributed by atoms with E-state index in [1.807, 2.05) is 48.4 Å². The summed E-state index contributed by atoms with van der Waals surface area (Å²) in [6, 6.07) is 15.5. The molecule has 5 heterocycles. The molecule has 10 heteroatoms. The number of amides is 1. The second-order valence-corrected chi connectivity index (χ2v) is 13.7. The molecule has 1 saturated heterocycles. The molecular weight excluding hydrogens is 563 g/mol. The zero-order valence-electron chi connectivity index (χ0n) is 24.3. The molecule has 0 saturated carbocycles. The van der Waals surface area contributed by atoms with Crippen LogP contribution in [0.3, 0.4) is 0 Å². The Kier molecular flexibility index (Phi) is 6.67. The number of aromatic amines is 1. The van der Waals surface area contributed by atoms with Crippen molar-refractivity contribution >= 4 is 61.6 Å². The smallest absolute Gasteiger partial charge is 0.399 e. The summed E-state index contributed by atoms with van der Waals surface area (Å²) in [5, 5.41) is 7.59. The maximum atomic E-state index is 13.6. The van der Waals surface area contributed by atoms with Crippen LogP contribution in [0.4, 0.5) is 0 Å². The number of carbonyl (C=O) groups excluding carboxylic acids is 1. The molecule has 1 fully saturated rings. The molecule has 0 aliphatic carbocycles. The number of thiophene rings is 2. The van der Waals surface area contributed by atoms with Crippen molar-refractivity contribution in [3.05, 3.63) is 82.8 Å². The second kappa shape index (κ2) is 10.2. The molecule has 2 aliphatic heterocycles. The maximum Gasteiger partial charge on any atom is 0.497 e. The molecule has 5 aromatic rings. The van der Waals surface area contributed by atoms with Crippen molar-refractivity contribution in [3.63, 3.8) is 0 Å². The molecular formula is C32H33BN4O3S2. The lowest BCUT2D eigenvalue weighted by molar-refractivity contribution is -0.134. The summed E-state index contributed by atoms with van der Waals surface area (Å²) in [6.07, 6.45) is 4.09. The minimum Gasteiger partial charge on any atom is -0.399 e. The first-order valence-electron chi connectivity index (χ1n) is 14.2. The predicted octanol–water partition coefficient (Wildman–Crippen LogP) is 6.21. The molecule has 2 N–H and O–H groups in total. The van der Waals surface area contributed by atoms with Crippen LogP contribution in [0.2, 0.25) is 0 Å². The number of imidazole rings is 1. The van der Waals surface area contributed by atoms with E-state index in [1.165, 1.54) is 15.0 Å². The highest BCUT2D eigenvalue weighted by Crippen LogP contribution is 2.41. The molecule has 42 heavy (non-hydrogen) atoms. The fourth-order valence-corrected chi connectivity index (χ4v) is 8.18. The monoisotopic (exact) mass is 596 g/mol. The van der Waals surface area contributed by atoms with Crippen LogP contribution in [0.1, 0.15) is 51.2 Å². The Morgan fingerprint density at radius 2 is 1.81 bits per heavy atom. The number of fused-ring (bicyclic) bond motifs is 2. The molecule has 7 rings (SSSR count). The first-order valence-corrected chi connectivity index (χ1v) is 16.0. The van der Waals surface area contributed by atoms with Gasteiger partial charge in [-0.3, -0.25) is 4.79 Å². The van der Waals surface area contributed by atoms with Crippen LogP contribution < -0.4 is 10.8 Å². The van der Waals surface area contributed by atoms with Crippen LogP contribution in [0.5, 0.6) is 0 Å². The molecule has 1 amide bonds. The third-order valence-corrected chi connectivity index (χ3v) is 11.0. The normalized spacial score (nSPS) is 20.3. The summed E-state index contributed by atoms with van der Waals surface area (Å²) in [4.78, 5) is 24.0. The van der Waals surface area contributed by atoms with Crippen molar-refractivity contribution in [2.45, 2.75) is 51.0 Å². The summed E-state index contributed by atoms with van der Waals surface area (Å²) >= 11 is 3.46. The van der Waals surface area contributed by atoms with Crippen molar-refractivity contribution in [3.8, 4) is 11.1 Å². The molecule has 2 aliphatic rings. The van der Waals surface area contributed by atoms with Crippen molar-refractivity contribution < 1.29 is 14.1 Å². The number of nitrogens with zero attached hydrogens (tertiary/aromatic N) is 2. The fraction of sp³-hybridized carbons (Fsp3) is 0.312. The Bertz CT molecular complexity index is 1810. The van der Waals surface area contributed by atoms with Crippen molar-refractivity contribution in [1.82, 2.24) is 20.2 Å². The minimum atomic E-state index is -0.418. The highest BCUT2D eigenvalue weighted by Gasteiger charge is 2.52. The van der Waals surface area contributed by atoms with Crippen LogP contribution in [0.25, 0.3) is 31.6 Å². The van der Waals surface area contributed by atoms with Gasteiger partial charge in [-0.1, -0.05) is 48.6 Å². The lowest BCUT2D eigenvalue weighted by Gasteiger charge is -2.32. The number of likely N-dealkylation sites (N-methyl/N-ethyl adjacent to an activating group) is 1. The topological polar surface area (TPSA) is 79.5 Å². The van der Waals surface area contributed by atoms with Gasteiger partial charge in [0.05, 0.1) is 26.9 Å². The van der Waals surface area contributed by atoms with E-state index in [0.717, 1.165) is 33.4 Å². The molecule has 0 spiro atoms. The summed E-state index contributed by atoms with van der Waals surface area (Å²) in [5.41, 5.74) is 5.44. The van der Waals surface area contributed by atoms with E-state index in [2.05, 4.69) is 73.0 Å². The summed E-state index contributed by atoms with van der Waals surface area (Å²) < 4.78 is 15.2. The van der Waals surface area contributed by atoms with Gasteiger partial charge in [0.15, 0.2) is 0 Å². The number of benzene rings is 2. The van der Waals surface area contributed by atoms with E-state index < -0.39 is 6.04 Å². The molecule has 3 aromatic heterocycles. The average molecular weight is 597 g/mol. The number of rotatable bonds is 6. The number of nitrogens with one attached hydrogen (secondary N) is 2. The van der Waals surface area contributed by atoms with Gasteiger partial charge in [0.2, 0.25) is 5.91 Å². The highest BCUT2D eigenvalue weighted by atomic mass is 32.1. The van der Waals surface area contributed by atoms with Crippen molar-refractivity contribution in [1.29, 1.82) is 0 Å². The van der Waals surface area contributed by atoms with Gasteiger partial charge in [-0.25, -0.2) is 4.98 Å². The second-order valence-electron chi connectivity index (χ2n) is 11.9. The lowest BCUT2D eigenvalue weighted by atomic mass is 9.81. The number of hydrogen-bond donors (Lipinski definition) is 2. The number of carbonyl (C=O) groups is 1. The van der Waals surface area contributed by atoms with Gasteiger partial charge in [0, 0.05) is 27.7 Å². The number of H-pyrrole nitrogens is 1. The van der Waals surface area contributed by atoms with Gasteiger partial charge >= 0.3 is 7.12 Å². The van der Waals surface area contributed by atoms with Crippen molar-refractivity contribution in [2.24, 2.45) is 0 Å². The van der Waals surface area contributed by atoms with E-state index in [1.54, 1.807) is 22.7 Å². The van der Waals surface area contributed by atoms with Crippen molar-refractivity contribution in [2.75, 3.05) is 13.6 Å². The lowest BCUT2D eigenvalue weighted by Crippen LogP contribution is -2.41.